The summed E-state index contributed by atoms with van der Waals surface area (Å²) in [5.41, 5.74) is 4.62. The summed E-state index contributed by atoms with van der Waals surface area (Å²) in [5.74, 6) is 0. The first kappa shape index (κ1) is 62.7. The molecule has 0 fully saturated rings. The van der Waals surface area contributed by atoms with Gasteiger partial charge in [0.05, 0.1) is 0 Å². The van der Waals surface area contributed by atoms with E-state index < -0.39 is 0 Å². The maximum atomic E-state index is 2.37. The molecule has 0 aliphatic carbocycles. The molecule has 0 rings (SSSR count). The Labute approximate surface area is 403 Å². The molecule has 0 aromatic carbocycles. The molecule has 0 aliphatic heterocycles. The minimum absolute atomic E-state index is 0.476. The van der Waals surface area contributed by atoms with Crippen LogP contribution < -0.4 is 0 Å². The molecule has 0 saturated heterocycles. The van der Waals surface area contributed by atoms with Crippen molar-refractivity contribution in [3.63, 3.8) is 0 Å². The molecule has 0 heteroatoms. The van der Waals surface area contributed by atoms with E-state index in [2.05, 4.69) is 47.1 Å². The van der Waals surface area contributed by atoms with E-state index in [-0.39, 0.29) is 0 Å². The van der Waals surface area contributed by atoms with Crippen molar-refractivity contribution < 1.29 is 0 Å². The van der Waals surface area contributed by atoms with E-state index in [9.17, 15) is 0 Å². The summed E-state index contributed by atoms with van der Waals surface area (Å²) in [6.45, 7) is 14.2. The molecule has 0 spiro atoms. The summed E-state index contributed by atoms with van der Waals surface area (Å²) < 4.78 is 0. The molecular weight excluding hydrogens is 757 g/mol. The Kier molecular flexibility index (Phi) is 52.5. The van der Waals surface area contributed by atoms with Crippen molar-refractivity contribution in [3.8, 4) is 0 Å². The number of unbranched alkanes of at least 4 members (excludes halogenated alkanes) is 42. The molecule has 0 N–H and O–H groups in total. The zero-order chi connectivity index (χ0) is 45.8. The van der Waals surface area contributed by atoms with E-state index in [4.69, 9.17) is 0 Å². The van der Waals surface area contributed by atoms with Crippen molar-refractivity contribution in [1.82, 2.24) is 0 Å². The topological polar surface area (TPSA) is 0 Å². The SMILES string of the molecule is CCCCCCCCCCC(CCCCCCCCCC)=C(CCCCCCCCCC)C(CCCCCCCCCC)(CCCCCCCCCC)CCCCCCCCCC. The monoisotopic (exact) mass is 883 g/mol. The quantitative estimate of drug-likeness (QED) is 0.0422. The van der Waals surface area contributed by atoms with E-state index in [1.807, 2.05) is 5.57 Å². The Bertz CT molecular complexity index is 791. The molecule has 63 heavy (non-hydrogen) atoms. The van der Waals surface area contributed by atoms with Crippen molar-refractivity contribution in [2.75, 3.05) is 0 Å². The third-order valence-electron chi connectivity index (χ3n) is 15.5. The number of hydrogen-bond acceptors (Lipinski definition) is 0. The third kappa shape index (κ3) is 41.6. The molecule has 0 nitrogen and oxygen atoms in total. The summed E-state index contributed by atoms with van der Waals surface area (Å²) >= 11 is 0. The predicted molar refractivity (Wildman–Crippen MR) is 293 cm³/mol. The van der Waals surface area contributed by atoms with Crippen LogP contribution in [0.3, 0.4) is 0 Å². The lowest BCUT2D eigenvalue weighted by atomic mass is 9.65. The average Bonchev–Trinajstić information content (AvgIpc) is 3.29. The zero-order valence-corrected chi connectivity index (χ0v) is 45.7. The van der Waals surface area contributed by atoms with Crippen molar-refractivity contribution in [2.45, 2.75) is 388 Å². The Morgan fingerprint density at radius 2 is 0.365 bits per heavy atom. The molecule has 0 atom stereocenters. The molecule has 0 radical (unpaired) electrons. The van der Waals surface area contributed by atoms with Gasteiger partial charge in [-0.15, -0.1) is 0 Å². The summed E-state index contributed by atoms with van der Waals surface area (Å²) in [4.78, 5) is 0. The van der Waals surface area contributed by atoms with Crippen molar-refractivity contribution >= 4 is 0 Å². The maximum Gasteiger partial charge on any atom is -0.00854 e. The van der Waals surface area contributed by atoms with Gasteiger partial charge < -0.3 is 0 Å². The van der Waals surface area contributed by atoms with Gasteiger partial charge in [-0.25, -0.2) is 0 Å². The minimum atomic E-state index is 0.476. The van der Waals surface area contributed by atoms with E-state index in [1.165, 1.54) is 347 Å². The lowest BCUT2D eigenvalue weighted by Crippen LogP contribution is -2.26. The first-order chi connectivity index (χ1) is 31.2. The van der Waals surface area contributed by atoms with Gasteiger partial charge in [0.25, 0.3) is 0 Å². The number of hydrogen-bond donors (Lipinski definition) is 0. The zero-order valence-electron chi connectivity index (χ0n) is 45.7. The Hall–Kier alpha value is -0.260. The van der Waals surface area contributed by atoms with Gasteiger partial charge in [-0.05, 0) is 63.2 Å². The van der Waals surface area contributed by atoms with Crippen LogP contribution in [0.5, 0.6) is 0 Å². The molecule has 378 valence electrons. The van der Waals surface area contributed by atoms with Gasteiger partial charge in [0.1, 0.15) is 0 Å². The van der Waals surface area contributed by atoms with Crippen LogP contribution in [-0.4, -0.2) is 0 Å². The van der Waals surface area contributed by atoms with Gasteiger partial charge in [-0.2, -0.15) is 0 Å². The fourth-order valence-electron chi connectivity index (χ4n) is 11.2. The summed E-state index contributed by atoms with van der Waals surface area (Å²) in [6, 6.07) is 0. The van der Waals surface area contributed by atoms with Gasteiger partial charge in [0.15, 0.2) is 0 Å². The number of rotatable bonds is 55. The van der Waals surface area contributed by atoms with Crippen LogP contribution in [0.1, 0.15) is 388 Å². The van der Waals surface area contributed by atoms with Crippen LogP contribution in [0.2, 0.25) is 0 Å². The second kappa shape index (κ2) is 52.7. The average molecular weight is 884 g/mol. The number of allylic oxidation sites excluding steroid dienone is 2. The van der Waals surface area contributed by atoms with Crippen molar-refractivity contribution in [1.29, 1.82) is 0 Å². The minimum Gasteiger partial charge on any atom is -0.0704 e. The van der Waals surface area contributed by atoms with E-state index >= 15 is 0 Å². The van der Waals surface area contributed by atoms with Crippen LogP contribution in [0.15, 0.2) is 11.1 Å². The molecule has 0 heterocycles. The van der Waals surface area contributed by atoms with Crippen LogP contribution in [0.25, 0.3) is 0 Å². The summed E-state index contributed by atoms with van der Waals surface area (Å²) in [5, 5.41) is 0. The summed E-state index contributed by atoms with van der Waals surface area (Å²) in [6.07, 6.45) is 78.8. The van der Waals surface area contributed by atoms with Gasteiger partial charge in [-0.3, -0.25) is 0 Å². The van der Waals surface area contributed by atoms with Crippen molar-refractivity contribution in [2.24, 2.45) is 5.41 Å². The molecule has 0 bridgehead atoms. The van der Waals surface area contributed by atoms with Crippen molar-refractivity contribution in [3.05, 3.63) is 11.1 Å². The van der Waals surface area contributed by atoms with Gasteiger partial charge in [0, 0.05) is 0 Å². The lowest BCUT2D eigenvalue weighted by Gasteiger charge is -2.40. The van der Waals surface area contributed by atoms with Crippen LogP contribution >= 0.6 is 0 Å². The Balaban J connectivity index is 6.73. The summed E-state index contributed by atoms with van der Waals surface area (Å²) in [7, 11) is 0. The predicted octanol–water partition coefficient (Wildman–Crippen LogP) is 24.5. The van der Waals surface area contributed by atoms with Gasteiger partial charge >= 0.3 is 0 Å². The molecule has 0 aliphatic rings. The first-order valence-electron chi connectivity index (χ1n) is 30.9. The second-order valence-electron chi connectivity index (χ2n) is 21.7. The largest absolute Gasteiger partial charge is 0.0704 e. The standard InChI is InChI=1S/C63H126/c1-7-13-19-25-31-37-43-49-55-61(56-50-44-38-32-26-20-14-8-2)62(57-51-45-39-33-27-21-15-9-3)63(58-52-46-40-34-28-22-16-10-4,59-53-47-41-35-29-23-17-11-5)60-54-48-42-36-30-24-18-12-6/h7-60H2,1-6H3. The Morgan fingerprint density at radius 1 is 0.190 bits per heavy atom. The fraction of sp³-hybridized carbons (Fsp3) is 0.968. The smallest absolute Gasteiger partial charge is 0.00854 e. The first-order valence-corrected chi connectivity index (χ1v) is 30.9. The normalized spacial score (nSPS) is 11.9. The van der Waals surface area contributed by atoms with E-state index in [0.717, 1.165) is 0 Å². The third-order valence-corrected chi connectivity index (χ3v) is 15.5. The highest BCUT2D eigenvalue weighted by Crippen LogP contribution is 2.49. The molecule has 0 saturated carbocycles. The Morgan fingerprint density at radius 3 is 0.587 bits per heavy atom. The lowest BCUT2D eigenvalue weighted by molar-refractivity contribution is 0.233. The second-order valence-corrected chi connectivity index (χ2v) is 21.7. The highest BCUT2D eigenvalue weighted by molar-refractivity contribution is 5.23. The van der Waals surface area contributed by atoms with E-state index in [0.29, 0.717) is 5.41 Å². The highest BCUT2D eigenvalue weighted by Gasteiger charge is 2.34. The molecule has 0 aromatic rings. The van der Waals surface area contributed by atoms with Gasteiger partial charge in [0.2, 0.25) is 0 Å². The maximum absolute atomic E-state index is 2.37. The molecular formula is C63H126. The molecule has 0 aromatic heterocycles. The molecule has 0 amide bonds. The van der Waals surface area contributed by atoms with Gasteiger partial charge in [-0.1, -0.05) is 342 Å². The van der Waals surface area contributed by atoms with E-state index in [1.54, 1.807) is 0 Å². The van der Waals surface area contributed by atoms with Crippen LogP contribution in [0, 0.1) is 5.41 Å². The fourth-order valence-corrected chi connectivity index (χ4v) is 11.2. The molecule has 0 unspecified atom stereocenters. The van der Waals surface area contributed by atoms with Crippen LogP contribution in [0.4, 0.5) is 0 Å². The highest BCUT2D eigenvalue weighted by atomic mass is 14.4. The van der Waals surface area contributed by atoms with Crippen LogP contribution in [-0.2, 0) is 0 Å².